The van der Waals surface area contributed by atoms with Gasteiger partial charge in [-0.2, -0.15) is 5.10 Å². The maximum atomic E-state index is 11.3. The van der Waals surface area contributed by atoms with Crippen LogP contribution in [0.1, 0.15) is 19.5 Å². The average Bonchev–Trinajstić information content (AvgIpc) is 2.49. The van der Waals surface area contributed by atoms with Crippen molar-refractivity contribution in [2.24, 2.45) is 7.05 Å². The molecule has 0 unspecified atom stereocenters. The first kappa shape index (κ1) is 13.8. The predicted octanol–water partition coefficient (Wildman–Crippen LogP) is 1.83. The molecule has 0 aliphatic rings. The van der Waals surface area contributed by atoms with Gasteiger partial charge in [-0.05, 0) is 29.8 Å². The van der Waals surface area contributed by atoms with E-state index in [9.17, 15) is 4.79 Å². The zero-order chi connectivity index (χ0) is 13.0. The van der Waals surface area contributed by atoms with Crippen molar-refractivity contribution in [2.75, 3.05) is 7.11 Å². The summed E-state index contributed by atoms with van der Waals surface area (Å²) >= 11 is 3.34. The van der Waals surface area contributed by atoms with Crippen LogP contribution in [0, 0.1) is 0 Å². The Morgan fingerprint density at radius 2 is 2.24 bits per heavy atom. The van der Waals surface area contributed by atoms with E-state index in [1.807, 2.05) is 13.8 Å². The highest BCUT2D eigenvalue weighted by Crippen LogP contribution is 2.27. The van der Waals surface area contributed by atoms with Crippen LogP contribution >= 0.6 is 15.9 Å². The number of nitrogens with one attached hydrogen (secondary N) is 1. The van der Waals surface area contributed by atoms with E-state index in [0.29, 0.717) is 16.0 Å². The van der Waals surface area contributed by atoms with Gasteiger partial charge in [0.2, 0.25) is 5.88 Å². The van der Waals surface area contributed by atoms with Gasteiger partial charge >= 0.3 is 6.09 Å². The van der Waals surface area contributed by atoms with Crippen molar-refractivity contribution in [3.63, 3.8) is 0 Å². The number of aromatic nitrogens is 2. The molecule has 0 radical (unpaired) electrons. The minimum absolute atomic E-state index is 0.0456. The average molecular weight is 306 g/mol. The quantitative estimate of drug-likeness (QED) is 0.921. The first-order chi connectivity index (χ1) is 7.95. The molecule has 0 fully saturated rings. The second-order valence-corrected chi connectivity index (χ2v) is 4.56. The largest absolute Gasteiger partial charge is 0.480 e. The molecule has 0 saturated carbocycles. The van der Waals surface area contributed by atoms with Crippen LogP contribution in [0.2, 0.25) is 0 Å². The zero-order valence-electron chi connectivity index (χ0n) is 10.3. The molecule has 1 amide bonds. The molecule has 17 heavy (non-hydrogen) atoms. The van der Waals surface area contributed by atoms with Gasteiger partial charge in [-0.15, -0.1) is 0 Å². The topological polar surface area (TPSA) is 65.4 Å². The molecule has 0 spiro atoms. The molecule has 1 aromatic heterocycles. The van der Waals surface area contributed by atoms with Crippen LogP contribution in [0.4, 0.5) is 4.79 Å². The predicted molar refractivity (Wildman–Crippen MR) is 65.9 cm³/mol. The van der Waals surface area contributed by atoms with Gasteiger partial charge in [-0.3, -0.25) is 0 Å². The number of methoxy groups -OCH3 is 1. The summed E-state index contributed by atoms with van der Waals surface area (Å²) in [4.78, 5) is 11.3. The van der Waals surface area contributed by atoms with E-state index in [1.54, 1.807) is 18.8 Å². The molecule has 6 nitrogen and oxygen atoms in total. The smallest absolute Gasteiger partial charge is 0.407 e. The van der Waals surface area contributed by atoms with Crippen molar-refractivity contribution >= 4 is 22.0 Å². The third kappa shape index (κ3) is 3.62. The van der Waals surface area contributed by atoms with E-state index in [0.717, 1.165) is 0 Å². The SMILES string of the molecule is COc1c(Br)c(COC(=O)NC(C)C)nn1C. The zero-order valence-corrected chi connectivity index (χ0v) is 11.9. The number of aryl methyl sites for hydroxylation is 1. The third-order valence-electron chi connectivity index (χ3n) is 1.95. The van der Waals surface area contributed by atoms with Crippen molar-refractivity contribution in [3.05, 3.63) is 10.2 Å². The molecule has 1 aromatic rings. The van der Waals surface area contributed by atoms with Crippen molar-refractivity contribution in [3.8, 4) is 5.88 Å². The number of nitrogens with zero attached hydrogens (tertiary/aromatic N) is 2. The van der Waals surface area contributed by atoms with Crippen LogP contribution in [0.25, 0.3) is 0 Å². The number of carbonyl (C=O) groups excluding carboxylic acids is 1. The van der Waals surface area contributed by atoms with Crippen molar-refractivity contribution in [2.45, 2.75) is 26.5 Å². The lowest BCUT2D eigenvalue weighted by Crippen LogP contribution is -2.30. The van der Waals surface area contributed by atoms with Crippen molar-refractivity contribution in [1.29, 1.82) is 0 Å². The van der Waals surface area contributed by atoms with Crippen LogP contribution in [0.5, 0.6) is 5.88 Å². The number of hydrogen-bond acceptors (Lipinski definition) is 4. The maximum absolute atomic E-state index is 11.3. The van der Waals surface area contributed by atoms with Crippen LogP contribution in [0.15, 0.2) is 4.47 Å². The molecule has 0 saturated heterocycles. The molecule has 0 aliphatic carbocycles. The van der Waals surface area contributed by atoms with Crippen LogP contribution in [-0.2, 0) is 18.4 Å². The van der Waals surface area contributed by atoms with Crippen molar-refractivity contribution < 1.29 is 14.3 Å². The molecular weight excluding hydrogens is 290 g/mol. The molecule has 0 aliphatic heterocycles. The van der Waals surface area contributed by atoms with Gasteiger partial charge in [-0.1, -0.05) is 0 Å². The Hall–Kier alpha value is -1.24. The Bertz CT molecular complexity index is 404. The highest BCUT2D eigenvalue weighted by atomic mass is 79.9. The van der Waals surface area contributed by atoms with E-state index in [2.05, 4.69) is 26.3 Å². The molecule has 1 rings (SSSR count). The lowest BCUT2D eigenvalue weighted by molar-refractivity contribution is 0.135. The summed E-state index contributed by atoms with van der Waals surface area (Å²) in [7, 11) is 3.30. The highest BCUT2D eigenvalue weighted by Gasteiger charge is 2.15. The lowest BCUT2D eigenvalue weighted by Gasteiger charge is -2.08. The normalized spacial score (nSPS) is 10.5. The van der Waals surface area contributed by atoms with E-state index >= 15 is 0 Å². The summed E-state index contributed by atoms with van der Waals surface area (Å²) in [5.41, 5.74) is 0.614. The molecule has 7 heteroatoms. The molecule has 96 valence electrons. The number of alkyl carbamates (subject to hydrolysis) is 1. The van der Waals surface area contributed by atoms with Gasteiger partial charge in [0.25, 0.3) is 0 Å². The monoisotopic (exact) mass is 305 g/mol. The Morgan fingerprint density at radius 1 is 1.59 bits per heavy atom. The van der Waals surface area contributed by atoms with Crippen LogP contribution in [0.3, 0.4) is 0 Å². The van der Waals surface area contributed by atoms with Gasteiger partial charge in [-0.25, -0.2) is 9.48 Å². The first-order valence-corrected chi connectivity index (χ1v) is 5.93. The molecule has 1 heterocycles. The minimum atomic E-state index is -0.462. The highest BCUT2D eigenvalue weighted by molar-refractivity contribution is 9.10. The summed E-state index contributed by atoms with van der Waals surface area (Å²) in [6.07, 6.45) is -0.462. The number of carbonyl (C=O) groups is 1. The maximum Gasteiger partial charge on any atom is 0.407 e. The lowest BCUT2D eigenvalue weighted by atomic mass is 10.4. The standard InChI is InChI=1S/C10H16BrN3O3/c1-6(2)12-10(15)17-5-7-8(11)9(16-4)14(3)13-7/h6H,5H2,1-4H3,(H,12,15). The third-order valence-corrected chi connectivity index (χ3v) is 2.74. The fourth-order valence-corrected chi connectivity index (χ4v) is 1.87. The summed E-state index contributed by atoms with van der Waals surface area (Å²) in [6.45, 7) is 3.82. The molecule has 0 atom stereocenters. The van der Waals surface area contributed by atoms with Gasteiger partial charge in [0.05, 0.1) is 7.11 Å². The Balaban J connectivity index is 2.61. The van der Waals surface area contributed by atoms with Gasteiger partial charge in [0, 0.05) is 13.1 Å². The number of ether oxygens (including phenoxy) is 2. The molecule has 0 bridgehead atoms. The molecule has 1 N–H and O–H groups in total. The van der Waals surface area contributed by atoms with E-state index < -0.39 is 6.09 Å². The summed E-state index contributed by atoms with van der Waals surface area (Å²) in [5.74, 6) is 0.591. The summed E-state index contributed by atoms with van der Waals surface area (Å²) < 4.78 is 12.4. The van der Waals surface area contributed by atoms with E-state index in [1.165, 1.54) is 0 Å². The second kappa shape index (κ2) is 5.90. The van der Waals surface area contributed by atoms with Gasteiger partial charge in [0.1, 0.15) is 16.8 Å². The fourth-order valence-electron chi connectivity index (χ4n) is 1.26. The van der Waals surface area contributed by atoms with E-state index in [4.69, 9.17) is 9.47 Å². The van der Waals surface area contributed by atoms with Crippen LogP contribution in [-0.4, -0.2) is 29.0 Å². The Morgan fingerprint density at radius 3 is 2.71 bits per heavy atom. The minimum Gasteiger partial charge on any atom is -0.480 e. The second-order valence-electron chi connectivity index (χ2n) is 3.77. The summed E-state index contributed by atoms with van der Waals surface area (Å²) in [6, 6.07) is 0.0456. The molecular formula is C10H16BrN3O3. The Kier molecular flexibility index (Phi) is 4.80. The van der Waals surface area contributed by atoms with E-state index in [-0.39, 0.29) is 12.6 Å². The van der Waals surface area contributed by atoms with Gasteiger partial charge < -0.3 is 14.8 Å². The number of halogens is 1. The first-order valence-electron chi connectivity index (χ1n) is 5.14. The van der Waals surface area contributed by atoms with Gasteiger partial charge in [0.15, 0.2) is 0 Å². The number of rotatable bonds is 4. The fraction of sp³-hybridized carbons (Fsp3) is 0.600. The number of amides is 1. The Labute approximate surface area is 108 Å². The summed E-state index contributed by atoms with van der Waals surface area (Å²) in [5, 5.41) is 6.80. The van der Waals surface area contributed by atoms with Crippen molar-refractivity contribution in [1.82, 2.24) is 15.1 Å². The molecule has 0 aromatic carbocycles. The number of hydrogen-bond donors (Lipinski definition) is 1. The van der Waals surface area contributed by atoms with Crippen LogP contribution < -0.4 is 10.1 Å².